The van der Waals surface area contributed by atoms with Gasteiger partial charge in [-0.2, -0.15) is 0 Å². The fourth-order valence-electron chi connectivity index (χ4n) is 4.70. The third-order valence-electron chi connectivity index (χ3n) is 6.49. The summed E-state index contributed by atoms with van der Waals surface area (Å²) in [5.74, 6) is -2.67. The van der Waals surface area contributed by atoms with Crippen LogP contribution < -0.4 is 10.0 Å². The van der Waals surface area contributed by atoms with E-state index in [4.69, 9.17) is 4.42 Å². The minimum absolute atomic E-state index is 0.157. The molecule has 36 heavy (non-hydrogen) atoms. The molecular weight excluding hydrogens is 489 g/mol. The Hall–Kier alpha value is -3.44. The Morgan fingerprint density at radius 2 is 1.89 bits per heavy atom. The lowest BCUT2D eigenvalue weighted by molar-refractivity contribution is -0.143. The number of likely N-dealkylation sites (tertiary alicyclic amines) is 1. The molecule has 1 aliphatic heterocycles. The first-order chi connectivity index (χ1) is 17.0. The van der Waals surface area contributed by atoms with Crippen molar-refractivity contribution in [1.82, 2.24) is 10.2 Å². The third kappa shape index (κ3) is 5.07. The van der Waals surface area contributed by atoms with Crippen LogP contribution in [0.5, 0.6) is 0 Å². The summed E-state index contributed by atoms with van der Waals surface area (Å²) in [5.41, 5.74) is 1.82. The molecule has 0 bridgehead atoms. The molecule has 3 aromatic rings. The number of carboxylic acids is 1. The molecule has 0 radical (unpaired) electrons. The molecule has 1 saturated heterocycles. The number of carbonyl (C=O) groups is 2. The predicted molar refractivity (Wildman–Crippen MR) is 134 cm³/mol. The number of sulfonamides is 1. The van der Waals surface area contributed by atoms with Crippen molar-refractivity contribution < 1.29 is 31.9 Å². The topological polar surface area (TPSA) is 129 Å². The summed E-state index contributed by atoms with van der Waals surface area (Å²) >= 11 is 0. The molecule has 192 valence electrons. The maximum Gasteiger partial charge on any atom is 0.307 e. The van der Waals surface area contributed by atoms with Gasteiger partial charge in [-0.05, 0) is 62.2 Å². The van der Waals surface area contributed by atoms with Crippen molar-refractivity contribution in [2.75, 3.05) is 37.7 Å². The van der Waals surface area contributed by atoms with Crippen molar-refractivity contribution in [2.45, 2.75) is 19.3 Å². The molecule has 1 amide bonds. The summed E-state index contributed by atoms with van der Waals surface area (Å²) in [7, 11) is -0.373. The molecule has 2 aromatic carbocycles. The zero-order valence-corrected chi connectivity index (χ0v) is 21.0. The lowest BCUT2D eigenvalue weighted by Crippen LogP contribution is -2.40. The van der Waals surface area contributed by atoms with Crippen LogP contribution in [0.2, 0.25) is 0 Å². The van der Waals surface area contributed by atoms with Crippen LogP contribution in [0, 0.1) is 11.7 Å². The second-order valence-corrected chi connectivity index (χ2v) is 11.0. The summed E-state index contributed by atoms with van der Waals surface area (Å²) in [4.78, 5) is 26.6. The number of furan rings is 1. The van der Waals surface area contributed by atoms with Crippen molar-refractivity contribution in [3.63, 3.8) is 0 Å². The number of carbonyl (C=O) groups excluding carboxylic acids is 1. The van der Waals surface area contributed by atoms with Crippen LogP contribution in [0.1, 0.15) is 35.2 Å². The Bertz CT molecular complexity index is 1420. The average molecular weight is 518 g/mol. The van der Waals surface area contributed by atoms with Gasteiger partial charge in [0.15, 0.2) is 0 Å². The van der Waals surface area contributed by atoms with Crippen molar-refractivity contribution in [1.29, 1.82) is 0 Å². The molecule has 9 nitrogen and oxygen atoms in total. The van der Waals surface area contributed by atoms with Crippen LogP contribution in [-0.4, -0.2) is 63.2 Å². The number of amides is 1. The van der Waals surface area contributed by atoms with E-state index >= 15 is 0 Å². The molecule has 11 heteroatoms. The maximum atomic E-state index is 13.5. The summed E-state index contributed by atoms with van der Waals surface area (Å²) < 4.78 is 47.2. The number of rotatable bonds is 7. The first-order valence-electron chi connectivity index (χ1n) is 11.5. The molecule has 2 atom stereocenters. The van der Waals surface area contributed by atoms with Crippen LogP contribution in [0.15, 0.2) is 40.8 Å². The van der Waals surface area contributed by atoms with Crippen LogP contribution >= 0.6 is 0 Å². The summed E-state index contributed by atoms with van der Waals surface area (Å²) in [6.45, 7) is 2.40. The highest BCUT2D eigenvalue weighted by Gasteiger charge is 2.33. The zero-order chi connectivity index (χ0) is 26.2. The molecule has 0 aliphatic carbocycles. The van der Waals surface area contributed by atoms with Crippen molar-refractivity contribution in [3.05, 3.63) is 53.3 Å². The van der Waals surface area contributed by atoms with Gasteiger partial charge in [-0.15, -0.1) is 0 Å². The van der Waals surface area contributed by atoms with Crippen LogP contribution in [-0.2, 0) is 14.8 Å². The van der Waals surface area contributed by atoms with Crippen LogP contribution in [0.25, 0.3) is 22.3 Å². The number of likely N-dealkylation sites (N-methyl/N-ethyl adjacent to an activating group) is 1. The first-order valence-corrected chi connectivity index (χ1v) is 13.2. The number of piperidine rings is 1. The summed E-state index contributed by atoms with van der Waals surface area (Å²) in [5, 5.41) is 12.7. The van der Waals surface area contributed by atoms with Gasteiger partial charge in [0, 0.05) is 37.2 Å². The number of benzene rings is 2. The van der Waals surface area contributed by atoms with E-state index in [1.54, 1.807) is 6.07 Å². The van der Waals surface area contributed by atoms with Gasteiger partial charge in [0.25, 0.3) is 5.91 Å². The van der Waals surface area contributed by atoms with Gasteiger partial charge in [-0.1, -0.05) is 0 Å². The number of nitrogens with zero attached hydrogens (tertiary/aromatic N) is 1. The number of hydrogen-bond acceptors (Lipinski definition) is 6. The van der Waals surface area contributed by atoms with E-state index in [2.05, 4.69) is 10.0 Å². The van der Waals surface area contributed by atoms with Gasteiger partial charge in [-0.3, -0.25) is 14.3 Å². The highest BCUT2D eigenvalue weighted by Crippen LogP contribution is 2.41. The zero-order valence-electron chi connectivity index (χ0n) is 20.2. The first kappa shape index (κ1) is 25.6. The summed E-state index contributed by atoms with van der Waals surface area (Å²) in [6, 6.07) is 8.73. The van der Waals surface area contributed by atoms with Gasteiger partial charge >= 0.3 is 5.97 Å². The molecule has 4 rings (SSSR count). The molecule has 2 unspecified atom stereocenters. The Balaban J connectivity index is 1.96. The van der Waals surface area contributed by atoms with Gasteiger partial charge in [0.1, 0.15) is 17.2 Å². The average Bonchev–Trinajstić information content (AvgIpc) is 3.21. The summed E-state index contributed by atoms with van der Waals surface area (Å²) in [6.07, 6.45) is 0.310. The number of halogens is 1. The quantitative estimate of drug-likeness (QED) is 0.438. The number of aliphatic carboxylic acids is 1. The molecule has 3 N–H and O–H groups in total. The Morgan fingerprint density at radius 1 is 1.19 bits per heavy atom. The predicted octanol–water partition coefficient (Wildman–Crippen LogP) is 3.48. The fraction of sp³-hybridized carbons (Fsp3) is 0.360. The number of anilines is 1. The van der Waals surface area contributed by atoms with E-state index in [-0.39, 0.29) is 34.3 Å². The monoisotopic (exact) mass is 517 g/mol. The Kier molecular flexibility index (Phi) is 7.05. The van der Waals surface area contributed by atoms with E-state index in [9.17, 15) is 27.5 Å². The third-order valence-corrected chi connectivity index (χ3v) is 7.78. The molecule has 0 saturated carbocycles. The molecule has 1 fully saturated rings. The smallest absolute Gasteiger partial charge is 0.307 e. The second-order valence-electron chi connectivity index (χ2n) is 9.02. The highest BCUT2D eigenvalue weighted by molar-refractivity contribution is 7.92. The van der Waals surface area contributed by atoms with Crippen LogP contribution in [0.4, 0.5) is 10.1 Å². The molecular formula is C25H28FN3O6S. The van der Waals surface area contributed by atoms with E-state index < -0.39 is 33.6 Å². The molecule has 1 aromatic heterocycles. The Labute approximate surface area is 208 Å². The normalized spacial score (nSPS) is 18.8. The van der Waals surface area contributed by atoms with Crippen molar-refractivity contribution in [2.24, 2.45) is 5.92 Å². The molecule has 0 spiro atoms. The van der Waals surface area contributed by atoms with Crippen molar-refractivity contribution >= 4 is 38.6 Å². The largest absolute Gasteiger partial charge is 0.481 e. The molecule has 1 aliphatic rings. The van der Waals surface area contributed by atoms with E-state index in [1.165, 1.54) is 44.3 Å². The van der Waals surface area contributed by atoms with E-state index in [1.807, 2.05) is 11.9 Å². The van der Waals surface area contributed by atoms with Gasteiger partial charge in [0.2, 0.25) is 10.0 Å². The minimum atomic E-state index is -3.67. The number of fused-ring (bicyclic) bond motifs is 1. The van der Waals surface area contributed by atoms with Crippen molar-refractivity contribution in [3.8, 4) is 11.3 Å². The number of carboxylic acid groups (broad SMARTS) is 1. The highest BCUT2D eigenvalue weighted by atomic mass is 32.2. The molecule has 2 heterocycles. The lowest BCUT2D eigenvalue weighted by atomic mass is 9.83. The van der Waals surface area contributed by atoms with Crippen LogP contribution in [0.3, 0.4) is 0 Å². The van der Waals surface area contributed by atoms with E-state index in [0.717, 1.165) is 0 Å². The standard InChI is InChI=1S/C25H28FN3O6S/c1-4-36(33,34)28-20-11-21-19(10-18(20)15-9-16(25(31)32)13-29(3)12-15)22(24(30)27-2)23(35-21)14-5-7-17(26)8-6-14/h5-8,10-11,15-16,28H,4,9,12-13H2,1-3H3,(H,27,30)(H,31,32). The lowest BCUT2D eigenvalue weighted by Gasteiger charge is -2.34. The fourth-order valence-corrected chi connectivity index (χ4v) is 5.36. The van der Waals surface area contributed by atoms with E-state index in [0.29, 0.717) is 36.0 Å². The van der Waals surface area contributed by atoms with Gasteiger partial charge in [0.05, 0.1) is 22.9 Å². The second kappa shape index (κ2) is 9.90. The number of nitrogens with one attached hydrogen (secondary N) is 2. The SMILES string of the molecule is CCS(=O)(=O)Nc1cc2oc(-c3ccc(F)cc3)c(C(=O)NC)c2cc1C1CC(C(=O)O)CN(C)C1. The Morgan fingerprint density at radius 3 is 2.50 bits per heavy atom. The van der Waals surface area contributed by atoms with Gasteiger partial charge < -0.3 is 19.7 Å². The number of hydrogen-bond donors (Lipinski definition) is 3. The minimum Gasteiger partial charge on any atom is -0.481 e. The maximum absolute atomic E-state index is 13.5. The van der Waals surface area contributed by atoms with Gasteiger partial charge in [-0.25, -0.2) is 12.8 Å².